The van der Waals surface area contributed by atoms with E-state index < -0.39 is 0 Å². The van der Waals surface area contributed by atoms with Gasteiger partial charge in [-0.15, -0.1) is 0 Å². The van der Waals surface area contributed by atoms with Crippen LogP contribution in [0.4, 0.5) is 0 Å². The van der Waals surface area contributed by atoms with Gasteiger partial charge in [-0.3, -0.25) is 0 Å². The first-order valence-corrected chi connectivity index (χ1v) is 5.41. The fraction of sp³-hybridized carbons (Fsp3) is 0.538. The maximum absolute atomic E-state index is 5.53. The van der Waals surface area contributed by atoms with Gasteiger partial charge in [0.2, 0.25) is 0 Å². The third-order valence-electron chi connectivity index (χ3n) is 3.34. The standard InChI is InChI=1S/C13H18O/c1-10-6-3-4-7-11(10)12-8-5-9-13(12)14-2/h3-4,6-7,12-13H,5,8-9H2,1-2H3. The average molecular weight is 190 g/mol. The van der Waals surface area contributed by atoms with E-state index >= 15 is 0 Å². The Hall–Kier alpha value is -0.820. The van der Waals surface area contributed by atoms with Crippen LogP contribution >= 0.6 is 0 Å². The van der Waals surface area contributed by atoms with Crippen molar-refractivity contribution < 1.29 is 4.74 Å². The summed E-state index contributed by atoms with van der Waals surface area (Å²) in [5.41, 5.74) is 2.89. The van der Waals surface area contributed by atoms with E-state index in [2.05, 4.69) is 31.2 Å². The molecule has 0 aromatic heterocycles. The monoisotopic (exact) mass is 190 g/mol. The molecule has 1 aromatic rings. The Morgan fingerprint density at radius 2 is 2.00 bits per heavy atom. The molecular formula is C13H18O. The summed E-state index contributed by atoms with van der Waals surface area (Å²) in [5, 5.41) is 0. The fourth-order valence-corrected chi connectivity index (χ4v) is 2.57. The number of methoxy groups -OCH3 is 1. The Labute approximate surface area is 86.1 Å². The highest BCUT2D eigenvalue weighted by Gasteiger charge is 2.28. The highest BCUT2D eigenvalue weighted by atomic mass is 16.5. The zero-order valence-electron chi connectivity index (χ0n) is 8.99. The molecule has 1 nitrogen and oxygen atoms in total. The summed E-state index contributed by atoms with van der Waals surface area (Å²) in [6.07, 6.45) is 4.24. The lowest BCUT2D eigenvalue weighted by Crippen LogP contribution is -2.15. The lowest BCUT2D eigenvalue weighted by molar-refractivity contribution is 0.0944. The molecule has 14 heavy (non-hydrogen) atoms. The van der Waals surface area contributed by atoms with Crippen LogP contribution in [0.5, 0.6) is 0 Å². The van der Waals surface area contributed by atoms with Crippen LogP contribution in [0.3, 0.4) is 0 Å². The quantitative estimate of drug-likeness (QED) is 0.695. The van der Waals surface area contributed by atoms with E-state index in [1.807, 2.05) is 7.11 Å². The molecule has 0 spiro atoms. The van der Waals surface area contributed by atoms with Gasteiger partial charge in [-0.2, -0.15) is 0 Å². The van der Waals surface area contributed by atoms with Gasteiger partial charge in [-0.05, 0) is 30.9 Å². The molecule has 0 radical (unpaired) electrons. The Balaban J connectivity index is 2.26. The van der Waals surface area contributed by atoms with E-state index in [-0.39, 0.29) is 0 Å². The third kappa shape index (κ3) is 1.69. The van der Waals surface area contributed by atoms with E-state index in [0.29, 0.717) is 12.0 Å². The molecule has 0 aliphatic heterocycles. The van der Waals surface area contributed by atoms with Gasteiger partial charge in [0.1, 0.15) is 0 Å². The number of ether oxygens (including phenoxy) is 1. The molecule has 2 atom stereocenters. The van der Waals surface area contributed by atoms with Crippen LogP contribution in [0.2, 0.25) is 0 Å². The van der Waals surface area contributed by atoms with Crippen molar-refractivity contribution in [2.24, 2.45) is 0 Å². The normalized spacial score (nSPS) is 26.7. The van der Waals surface area contributed by atoms with Gasteiger partial charge >= 0.3 is 0 Å². The summed E-state index contributed by atoms with van der Waals surface area (Å²) in [7, 11) is 1.83. The van der Waals surface area contributed by atoms with Crippen LogP contribution in [-0.2, 0) is 4.74 Å². The van der Waals surface area contributed by atoms with Crippen LogP contribution in [0.1, 0.15) is 36.3 Å². The molecule has 2 unspecified atom stereocenters. The average Bonchev–Trinajstić information content (AvgIpc) is 2.66. The van der Waals surface area contributed by atoms with Gasteiger partial charge in [0, 0.05) is 13.0 Å². The molecule has 1 aromatic carbocycles. The van der Waals surface area contributed by atoms with E-state index in [9.17, 15) is 0 Å². The number of rotatable bonds is 2. The lowest BCUT2D eigenvalue weighted by atomic mass is 9.92. The largest absolute Gasteiger partial charge is 0.381 e. The van der Waals surface area contributed by atoms with Crippen LogP contribution in [-0.4, -0.2) is 13.2 Å². The second-order valence-electron chi connectivity index (χ2n) is 4.17. The van der Waals surface area contributed by atoms with Crippen molar-refractivity contribution in [1.82, 2.24) is 0 Å². The van der Waals surface area contributed by atoms with Gasteiger partial charge in [-0.25, -0.2) is 0 Å². The first kappa shape index (κ1) is 9.72. The molecule has 1 fully saturated rings. The smallest absolute Gasteiger partial charge is 0.0639 e. The maximum Gasteiger partial charge on any atom is 0.0639 e. The molecule has 76 valence electrons. The molecule has 0 N–H and O–H groups in total. The number of benzene rings is 1. The molecule has 2 rings (SSSR count). The highest BCUT2D eigenvalue weighted by Crippen LogP contribution is 2.37. The van der Waals surface area contributed by atoms with Crippen molar-refractivity contribution in [1.29, 1.82) is 0 Å². The zero-order chi connectivity index (χ0) is 9.97. The maximum atomic E-state index is 5.53. The molecule has 0 heterocycles. The molecule has 1 aliphatic rings. The Bertz CT molecular complexity index is 306. The second-order valence-corrected chi connectivity index (χ2v) is 4.17. The minimum Gasteiger partial charge on any atom is -0.381 e. The van der Waals surface area contributed by atoms with E-state index in [4.69, 9.17) is 4.74 Å². The van der Waals surface area contributed by atoms with Crippen LogP contribution in [0, 0.1) is 6.92 Å². The summed E-state index contributed by atoms with van der Waals surface area (Å²) in [4.78, 5) is 0. The second kappa shape index (κ2) is 4.14. The van der Waals surface area contributed by atoms with Crippen LogP contribution < -0.4 is 0 Å². The number of hydrogen-bond donors (Lipinski definition) is 0. The van der Waals surface area contributed by atoms with Crippen molar-refractivity contribution in [3.8, 4) is 0 Å². The van der Waals surface area contributed by atoms with Gasteiger partial charge in [0.05, 0.1) is 6.10 Å². The topological polar surface area (TPSA) is 9.23 Å². The molecular weight excluding hydrogens is 172 g/mol. The predicted molar refractivity (Wildman–Crippen MR) is 58.6 cm³/mol. The van der Waals surface area contributed by atoms with Crippen LogP contribution in [0.15, 0.2) is 24.3 Å². The van der Waals surface area contributed by atoms with Crippen molar-refractivity contribution >= 4 is 0 Å². The van der Waals surface area contributed by atoms with Crippen molar-refractivity contribution in [3.05, 3.63) is 35.4 Å². The lowest BCUT2D eigenvalue weighted by Gasteiger charge is -2.20. The van der Waals surface area contributed by atoms with Gasteiger partial charge in [0.15, 0.2) is 0 Å². The predicted octanol–water partition coefficient (Wildman–Crippen LogP) is 3.28. The fourth-order valence-electron chi connectivity index (χ4n) is 2.57. The number of aryl methyl sites for hydroxylation is 1. The molecule has 0 bridgehead atoms. The molecule has 0 amide bonds. The molecule has 0 saturated heterocycles. The van der Waals surface area contributed by atoms with Crippen LogP contribution in [0.25, 0.3) is 0 Å². The van der Waals surface area contributed by atoms with Crippen molar-refractivity contribution in [2.75, 3.05) is 7.11 Å². The van der Waals surface area contributed by atoms with E-state index in [1.165, 1.54) is 30.4 Å². The third-order valence-corrected chi connectivity index (χ3v) is 3.34. The summed E-state index contributed by atoms with van der Waals surface area (Å²) in [6.45, 7) is 2.19. The van der Waals surface area contributed by atoms with E-state index in [0.717, 1.165) is 0 Å². The molecule has 1 heteroatoms. The minimum absolute atomic E-state index is 0.441. The Morgan fingerprint density at radius 1 is 1.21 bits per heavy atom. The SMILES string of the molecule is COC1CCCC1c1ccccc1C. The Morgan fingerprint density at radius 3 is 2.71 bits per heavy atom. The van der Waals surface area contributed by atoms with E-state index in [1.54, 1.807) is 0 Å². The molecule has 1 aliphatic carbocycles. The molecule has 1 saturated carbocycles. The Kier molecular flexibility index (Phi) is 2.87. The van der Waals surface area contributed by atoms with Gasteiger partial charge in [0.25, 0.3) is 0 Å². The van der Waals surface area contributed by atoms with Gasteiger partial charge in [-0.1, -0.05) is 30.7 Å². The van der Waals surface area contributed by atoms with Gasteiger partial charge < -0.3 is 4.74 Å². The first-order chi connectivity index (χ1) is 6.83. The summed E-state index contributed by atoms with van der Waals surface area (Å²) < 4.78 is 5.53. The first-order valence-electron chi connectivity index (χ1n) is 5.41. The van der Waals surface area contributed by atoms with Crippen molar-refractivity contribution in [3.63, 3.8) is 0 Å². The highest BCUT2D eigenvalue weighted by molar-refractivity contribution is 5.30. The zero-order valence-corrected chi connectivity index (χ0v) is 8.99. The number of hydrogen-bond acceptors (Lipinski definition) is 1. The minimum atomic E-state index is 0.441. The summed E-state index contributed by atoms with van der Waals surface area (Å²) in [5.74, 6) is 0.626. The summed E-state index contributed by atoms with van der Waals surface area (Å²) in [6, 6.07) is 8.68. The van der Waals surface area contributed by atoms with Crippen molar-refractivity contribution in [2.45, 2.75) is 38.2 Å². The summed E-state index contributed by atoms with van der Waals surface area (Å²) >= 11 is 0.